The molecule has 1 aromatic heterocycles. The van der Waals surface area contributed by atoms with Gasteiger partial charge in [0.05, 0.1) is 0 Å². The number of halogens is 1. The maximum absolute atomic E-state index is 5.89. The molecule has 0 aliphatic heterocycles. The number of nitrogens with zero attached hydrogens (tertiary/aromatic N) is 2. The summed E-state index contributed by atoms with van der Waals surface area (Å²) in [5.41, 5.74) is 0. The molecule has 1 atom stereocenters. The highest BCUT2D eigenvalue weighted by molar-refractivity contribution is 6.31. The maximum Gasteiger partial charge on any atom is 0.171 e. The second-order valence-electron chi connectivity index (χ2n) is 3.60. The van der Waals surface area contributed by atoms with E-state index >= 15 is 0 Å². The second kappa shape index (κ2) is 5.15. The standard InChI is InChI=1S/C10H16ClN3/c1-4-8(7(2)3)14-10-9(11)12-5-6-13-10/h5-8H,4H2,1-3H3,(H,13,14). The molecule has 0 radical (unpaired) electrons. The fourth-order valence-corrected chi connectivity index (χ4v) is 1.49. The van der Waals surface area contributed by atoms with Crippen LogP contribution in [0.3, 0.4) is 0 Å². The highest BCUT2D eigenvalue weighted by Crippen LogP contribution is 2.18. The molecular formula is C10H16ClN3. The largest absolute Gasteiger partial charge is 0.365 e. The third-order valence-corrected chi connectivity index (χ3v) is 2.50. The van der Waals surface area contributed by atoms with Gasteiger partial charge in [0.1, 0.15) is 0 Å². The molecular weight excluding hydrogens is 198 g/mol. The van der Waals surface area contributed by atoms with E-state index in [1.54, 1.807) is 12.4 Å². The summed E-state index contributed by atoms with van der Waals surface area (Å²) in [5, 5.41) is 3.73. The Morgan fingerprint density at radius 2 is 2.00 bits per heavy atom. The van der Waals surface area contributed by atoms with E-state index in [-0.39, 0.29) is 0 Å². The molecule has 78 valence electrons. The number of nitrogens with one attached hydrogen (secondary N) is 1. The highest BCUT2D eigenvalue weighted by atomic mass is 35.5. The minimum absolute atomic E-state index is 0.393. The Balaban J connectivity index is 2.72. The first kappa shape index (κ1) is 11.2. The summed E-state index contributed by atoms with van der Waals surface area (Å²) >= 11 is 5.89. The van der Waals surface area contributed by atoms with Crippen LogP contribution in [0.5, 0.6) is 0 Å². The van der Waals surface area contributed by atoms with Crippen LogP contribution in [0, 0.1) is 5.92 Å². The predicted octanol–water partition coefficient (Wildman–Crippen LogP) is 2.98. The van der Waals surface area contributed by atoms with Gasteiger partial charge in [-0.2, -0.15) is 0 Å². The van der Waals surface area contributed by atoms with Crippen molar-refractivity contribution in [1.82, 2.24) is 9.97 Å². The van der Waals surface area contributed by atoms with Crippen molar-refractivity contribution in [2.75, 3.05) is 5.32 Å². The van der Waals surface area contributed by atoms with Gasteiger partial charge in [-0.1, -0.05) is 32.4 Å². The molecule has 0 aliphatic carbocycles. The average Bonchev–Trinajstić information content (AvgIpc) is 2.16. The predicted molar refractivity (Wildman–Crippen MR) is 59.6 cm³/mol. The van der Waals surface area contributed by atoms with Crippen LogP contribution in [0.15, 0.2) is 12.4 Å². The van der Waals surface area contributed by atoms with Gasteiger partial charge in [-0.05, 0) is 12.3 Å². The third kappa shape index (κ3) is 2.84. The number of aromatic nitrogens is 2. The van der Waals surface area contributed by atoms with Crippen LogP contribution in [0.4, 0.5) is 5.82 Å². The van der Waals surface area contributed by atoms with Gasteiger partial charge in [-0.25, -0.2) is 9.97 Å². The van der Waals surface area contributed by atoms with Crippen molar-refractivity contribution in [3.05, 3.63) is 17.5 Å². The van der Waals surface area contributed by atoms with Crippen LogP contribution in [0.1, 0.15) is 27.2 Å². The van der Waals surface area contributed by atoms with Crippen molar-refractivity contribution < 1.29 is 0 Å². The van der Waals surface area contributed by atoms with E-state index in [0.29, 0.717) is 22.9 Å². The molecule has 1 heterocycles. The van der Waals surface area contributed by atoms with Gasteiger partial charge in [-0.15, -0.1) is 0 Å². The molecule has 1 N–H and O–H groups in total. The molecule has 0 saturated heterocycles. The van der Waals surface area contributed by atoms with Gasteiger partial charge in [0.15, 0.2) is 11.0 Å². The Hall–Kier alpha value is -0.830. The highest BCUT2D eigenvalue weighted by Gasteiger charge is 2.12. The zero-order chi connectivity index (χ0) is 10.6. The molecule has 3 nitrogen and oxygen atoms in total. The van der Waals surface area contributed by atoms with Gasteiger partial charge in [0.25, 0.3) is 0 Å². The smallest absolute Gasteiger partial charge is 0.171 e. The van der Waals surface area contributed by atoms with Crippen LogP contribution >= 0.6 is 11.6 Å². The Morgan fingerprint density at radius 1 is 1.36 bits per heavy atom. The lowest BCUT2D eigenvalue weighted by Gasteiger charge is -2.21. The van der Waals surface area contributed by atoms with Gasteiger partial charge in [0.2, 0.25) is 0 Å². The number of hydrogen-bond acceptors (Lipinski definition) is 3. The molecule has 0 amide bonds. The Bertz CT molecular complexity index is 288. The van der Waals surface area contributed by atoms with Crippen LogP contribution < -0.4 is 5.32 Å². The van der Waals surface area contributed by atoms with Gasteiger partial charge >= 0.3 is 0 Å². The fraction of sp³-hybridized carbons (Fsp3) is 0.600. The lowest BCUT2D eigenvalue weighted by molar-refractivity contribution is 0.509. The molecule has 14 heavy (non-hydrogen) atoms. The molecule has 0 aromatic carbocycles. The summed E-state index contributed by atoms with van der Waals surface area (Å²) in [5.74, 6) is 1.23. The van der Waals surface area contributed by atoms with E-state index in [1.165, 1.54) is 0 Å². The molecule has 1 rings (SSSR count). The first-order valence-electron chi connectivity index (χ1n) is 4.88. The van der Waals surface area contributed by atoms with Crippen LogP contribution in [0.2, 0.25) is 5.15 Å². The van der Waals surface area contributed by atoms with E-state index in [2.05, 4.69) is 36.1 Å². The van der Waals surface area contributed by atoms with Crippen LogP contribution in [0.25, 0.3) is 0 Å². The normalized spacial score (nSPS) is 12.9. The first-order valence-corrected chi connectivity index (χ1v) is 5.26. The third-order valence-electron chi connectivity index (χ3n) is 2.22. The summed E-state index contributed by atoms with van der Waals surface area (Å²) in [7, 11) is 0. The lowest BCUT2D eigenvalue weighted by atomic mass is 10.0. The van der Waals surface area contributed by atoms with Crippen molar-refractivity contribution in [3.8, 4) is 0 Å². The van der Waals surface area contributed by atoms with E-state index in [0.717, 1.165) is 6.42 Å². The fourth-order valence-electron chi connectivity index (χ4n) is 1.33. The Labute approximate surface area is 89.9 Å². The molecule has 4 heteroatoms. The van der Waals surface area contributed by atoms with E-state index < -0.39 is 0 Å². The molecule has 0 fully saturated rings. The minimum Gasteiger partial charge on any atom is -0.365 e. The maximum atomic E-state index is 5.89. The Kier molecular flexibility index (Phi) is 4.14. The van der Waals surface area contributed by atoms with Gasteiger partial charge < -0.3 is 5.32 Å². The van der Waals surface area contributed by atoms with E-state index in [4.69, 9.17) is 11.6 Å². The van der Waals surface area contributed by atoms with Gasteiger partial charge in [0, 0.05) is 18.4 Å². The summed E-state index contributed by atoms with van der Waals surface area (Å²) < 4.78 is 0. The lowest BCUT2D eigenvalue weighted by Crippen LogP contribution is -2.25. The van der Waals surface area contributed by atoms with Crippen molar-refractivity contribution in [1.29, 1.82) is 0 Å². The summed E-state index contributed by atoms with van der Waals surface area (Å²) in [4.78, 5) is 8.11. The van der Waals surface area contributed by atoms with Crippen molar-refractivity contribution in [2.24, 2.45) is 5.92 Å². The van der Waals surface area contributed by atoms with Crippen molar-refractivity contribution in [2.45, 2.75) is 33.2 Å². The SMILES string of the molecule is CCC(Nc1nccnc1Cl)C(C)C. The summed E-state index contributed by atoms with van der Waals surface area (Å²) in [6.07, 6.45) is 4.27. The van der Waals surface area contributed by atoms with E-state index in [9.17, 15) is 0 Å². The average molecular weight is 214 g/mol. The molecule has 0 saturated carbocycles. The zero-order valence-electron chi connectivity index (χ0n) is 8.79. The monoisotopic (exact) mass is 213 g/mol. The second-order valence-corrected chi connectivity index (χ2v) is 3.96. The molecule has 0 bridgehead atoms. The van der Waals surface area contributed by atoms with Crippen LogP contribution in [-0.2, 0) is 0 Å². The number of anilines is 1. The molecule has 1 unspecified atom stereocenters. The van der Waals surface area contributed by atoms with Crippen molar-refractivity contribution >= 4 is 17.4 Å². The molecule has 1 aromatic rings. The zero-order valence-corrected chi connectivity index (χ0v) is 9.54. The summed E-state index contributed by atoms with van der Waals surface area (Å²) in [6, 6.07) is 0.393. The first-order chi connectivity index (χ1) is 6.65. The quantitative estimate of drug-likeness (QED) is 0.836. The Morgan fingerprint density at radius 3 is 2.50 bits per heavy atom. The van der Waals surface area contributed by atoms with Gasteiger partial charge in [-0.3, -0.25) is 0 Å². The minimum atomic E-state index is 0.393. The number of rotatable bonds is 4. The molecule has 0 aliphatic rings. The number of hydrogen-bond donors (Lipinski definition) is 1. The topological polar surface area (TPSA) is 37.8 Å². The van der Waals surface area contributed by atoms with Crippen molar-refractivity contribution in [3.63, 3.8) is 0 Å². The summed E-state index contributed by atoms with van der Waals surface area (Å²) in [6.45, 7) is 6.48. The van der Waals surface area contributed by atoms with Crippen LogP contribution in [-0.4, -0.2) is 16.0 Å². The van der Waals surface area contributed by atoms with E-state index in [1.807, 2.05) is 0 Å². The molecule has 0 spiro atoms.